The minimum atomic E-state index is -0.285. The number of benzene rings is 1. The van der Waals surface area contributed by atoms with E-state index in [1.165, 1.54) is 18.2 Å². The molecule has 120 valence electrons. The normalized spacial score (nSPS) is 16.2. The molecule has 1 aliphatic heterocycles. The van der Waals surface area contributed by atoms with Crippen molar-refractivity contribution in [1.29, 1.82) is 0 Å². The lowest BCUT2D eigenvalue weighted by Crippen LogP contribution is -2.36. The third-order valence-electron chi connectivity index (χ3n) is 3.99. The van der Waals surface area contributed by atoms with Gasteiger partial charge >= 0.3 is 0 Å². The van der Waals surface area contributed by atoms with Gasteiger partial charge in [0, 0.05) is 25.1 Å². The smallest absolute Gasteiger partial charge is 0.246 e. The number of amides is 1. The van der Waals surface area contributed by atoms with Crippen molar-refractivity contribution in [3.05, 3.63) is 53.4 Å². The van der Waals surface area contributed by atoms with Gasteiger partial charge in [-0.1, -0.05) is 17.3 Å². The van der Waals surface area contributed by atoms with Crippen LogP contribution in [0.25, 0.3) is 6.08 Å². The maximum absolute atomic E-state index is 12.8. The Balaban J connectivity index is 1.54. The summed E-state index contributed by atoms with van der Waals surface area (Å²) < 4.78 is 18.0. The quantitative estimate of drug-likeness (QED) is 0.817. The molecule has 1 fully saturated rings. The molecule has 0 unspecified atom stereocenters. The second-order valence-electron chi connectivity index (χ2n) is 5.66. The van der Waals surface area contributed by atoms with Crippen LogP contribution in [0.15, 0.2) is 34.9 Å². The first-order valence-electron chi connectivity index (χ1n) is 7.64. The lowest BCUT2D eigenvalue weighted by Gasteiger charge is -2.29. The molecule has 0 atom stereocenters. The van der Waals surface area contributed by atoms with Gasteiger partial charge in [0.05, 0.1) is 0 Å². The third-order valence-corrected chi connectivity index (χ3v) is 3.99. The van der Waals surface area contributed by atoms with Crippen molar-refractivity contribution >= 4 is 12.0 Å². The highest BCUT2D eigenvalue weighted by Gasteiger charge is 2.26. The van der Waals surface area contributed by atoms with E-state index in [-0.39, 0.29) is 17.6 Å². The monoisotopic (exact) mass is 315 g/mol. The molecule has 2 heterocycles. The standard InChI is InChI=1S/C17H18FN3O2/c1-12-19-17(23-20-12)14-8-10-21(11-9-14)16(22)7-4-13-2-5-15(18)6-3-13/h2-7,14H,8-11H2,1H3/b7-4+. The zero-order valence-corrected chi connectivity index (χ0v) is 12.9. The largest absolute Gasteiger partial charge is 0.339 e. The van der Waals surface area contributed by atoms with Gasteiger partial charge in [-0.05, 0) is 43.5 Å². The summed E-state index contributed by atoms with van der Waals surface area (Å²) in [6.45, 7) is 3.13. The van der Waals surface area contributed by atoms with Crippen molar-refractivity contribution in [1.82, 2.24) is 15.0 Å². The molecular weight excluding hydrogens is 297 g/mol. The van der Waals surface area contributed by atoms with Crippen LogP contribution in [-0.2, 0) is 4.79 Å². The van der Waals surface area contributed by atoms with Crippen LogP contribution in [0, 0.1) is 12.7 Å². The molecule has 1 aromatic carbocycles. The fourth-order valence-electron chi connectivity index (χ4n) is 2.67. The number of carbonyl (C=O) groups is 1. The van der Waals surface area contributed by atoms with E-state index in [0.717, 1.165) is 18.4 Å². The summed E-state index contributed by atoms with van der Waals surface area (Å²) in [5.74, 6) is 1.21. The van der Waals surface area contributed by atoms with Gasteiger partial charge in [-0.15, -0.1) is 0 Å². The number of carbonyl (C=O) groups excluding carboxylic acids is 1. The van der Waals surface area contributed by atoms with Crippen LogP contribution in [0.3, 0.4) is 0 Å². The maximum Gasteiger partial charge on any atom is 0.246 e. The Morgan fingerprint density at radius 3 is 2.61 bits per heavy atom. The Morgan fingerprint density at radius 2 is 2.00 bits per heavy atom. The van der Waals surface area contributed by atoms with Crippen molar-refractivity contribution in [2.75, 3.05) is 13.1 Å². The number of piperidine rings is 1. The molecule has 1 saturated heterocycles. The van der Waals surface area contributed by atoms with Gasteiger partial charge in [0.15, 0.2) is 5.82 Å². The molecule has 3 rings (SSSR count). The van der Waals surface area contributed by atoms with Crippen molar-refractivity contribution in [3.8, 4) is 0 Å². The van der Waals surface area contributed by atoms with E-state index in [1.54, 1.807) is 30.0 Å². The van der Waals surface area contributed by atoms with E-state index in [1.807, 2.05) is 0 Å². The topological polar surface area (TPSA) is 59.2 Å². The molecule has 6 heteroatoms. The molecule has 2 aromatic rings. The predicted molar refractivity (Wildman–Crippen MR) is 83.0 cm³/mol. The second kappa shape index (κ2) is 6.73. The minimum Gasteiger partial charge on any atom is -0.339 e. The highest BCUT2D eigenvalue weighted by atomic mass is 19.1. The summed E-state index contributed by atoms with van der Waals surface area (Å²) in [6.07, 6.45) is 4.87. The van der Waals surface area contributed by atoms with Crippen molar-refractivity contribution in [2.24, 2.45) is 0 Å². The van der Waals surface area contributed by atoms with Crippen LogP contribution >= 0.6 is 0 Å². The van der Waals surface area contributed by atoms with Crippen LogP contribution in [0.4, 0.5) is 4.39 Å². The third kappa shape index (κ3) is 3.83. The van der Waals surface area contributed by atoms with E-state index >= 15 is 0 Å². The van der Waals surface area contributed by atoms with Gasteiger partial charge in [-0.3, -0.25) is 4.79 Å². The first kappa shape index (κ1) is 15.4. The Kier molecular flexibility index (Phi) is 4.50. The summed E-state index contributed by atoms with van der Waals surface area (Å²) in [6, 6.07) is 6.04. The molecule has 5 nitrogen and oxygen atoms in total. The van der Waals surface area contributed by atoms with E-state index in [2.05, 4.69) is 10.1 Å². The average molecular weight is 315 g/mol. The molecular formula is C17H18FN3O2. The fraction of sp³-hybridized carbons (Fsp3) is 0.353. The number of hydrogen-bond acceptors (Lipinski definition) is 4. The Labute approximate surface area is 133 Å². The minimum absolute atomic E-state index is 0.0329. The van der Waals surface area contributed by atoms with E-state index < -0.39 is 0 Å². The van der Waals surface area contributed by atoms with E-state index in [9.17, 15) is 9.18 Å². The second-order valence-corrected chi connectivity index (χ2v) is 5.66. The van der Waals surface area contributed by atoms with Crippen LogP contribution in [0.1, 0.15) is 36.0 Å². The Hall–Kier alpha value is -2.50. The van der Waals surface area contributed by atoms with Gasteiger partial charge in [-0.2, -0.15) is 4.98 Å². The van der Waals surface area contributed by atoms with Crippen LogP contribution in [0.2, 0.25) is 0 Å². The van der Waals surface area contributed by atoms with Crippen LogP contribution < -0.4 is 0 Å². The summed E-state index contributed by atoms with van der Waals surface area (Å²) in [5, 5.41) is 3.81. The molecule has 0 saturated carbocycles. The van der Waals surface area contributed by atoms with Crippen LogP contribution in [0.5, 0.6) is 0 Å². The number of halogens is 1. The summed E-state index contributed by atoms with van der Waals surface area (Å²) in [7, 11) is 0. The molecule has 0 spiro atoms. The zero-order valence-electron chi connectivity index (χ0n) is 12.9. The summed E-state index contributed by atoms with van der Waals surface area (Å²) >= 11 is 0. The zero-order chi connectivity index (χ0) is 16.2. The lowest BCUT2D eigenvalue weighted by atomic mass is 9.96. The number of nitrogens with zero attached hydrogens (tertiary/aromatic N) is 3. The molecule has 1 amide bonds. The highest BCUT2D eigenvalue weighted by molar-refractivity contribution is 5.91. The van der Waals surface area contributed by atoms with Gasteiger partial charge in [0.2, 0.25) is 11.8 Å². The highest BCUT2D eigenvalue weighted by Crippen LogP contribution is 2.26. The molecule has 0 bridgehead atoms. The molecule has 0 N–H and O–H groups in total. The number of likely N-dealkylation sites (tertiary alicyclic amines) is 1. The molecule has 23 heavy (non-hydrogen) atoms. The van der Waals surface area contributed by atoms with Gasteiger partial charge in [0.25, 0.3) is 0 Å². The molecule has 0 aliphatic carbocycles. The van der Waals surface area contributed by atoms with Gasteiger partial charge in [-0.25, -0.2) is 4.39 Å². The van der Waals surface area contributed by atoms with Crippen molar-refractivity contribution in [3.63, 3.8) is 0 Å². The fourth-order valence-corrected chi connectivity index (χ4v) is 2.67. The first-order chi connectivity index (χ1) is 11.1. The number of aryl methyl sites for hydroxylation is 1. The van der Waals surface area contributed by atoms with Gasteiger partial charge in [0.1, 0.15) is 5.82 Å². The molecule has 0 radical (unpaired) electrons. The Morgan fingerprint density at radius 1 is 1.30 bits per heavy atom. The lowest BCUT2D eigenvalue weighted by molar-refractivity contribution is -0.127. The molecule has 1 aromatic heterocycles. The van der Waals surface area contributed by atoms with Crippen LogP contribution in [-0.4, -0.2) is 34.0 Å². The SMILES string of the molecule is Cc1noc(C2CCN(C(=O)/C=C/c3ccc(F)cc3)CC2)n1. The van der Waals surface area contributed by atoms with Crippen molar-refractivity contribution in [2.45, 2.75) is 25.7 Å². The Bertz CT molecular complexity index is 701. The first-order valence-corrected chi connectivity index (χ1v) is 7.64. The maximum atomic E-state index is 12.8. The predicted octanol–water partition coefficient (Wildman–Crippen LogP) is 2.94. The summed E-state index contributed by atoms with van der Waals surface area (Å²) in [5.41, 5.74) is 0.802. The molecule has 1 aliphatic rings. The van der Waals surface area contributed by atoms with Gasteiger partial charge < -0.3 is 9.42 Å². The van der Waals surface area contributed by atoms with Crippen molar-refractivity contribution < 1.29 is 13.7 Å². The number of rotatable bonds is 3. The number of aromatic nitrogens is 2. The van der Waals surface area contributed by atoms with E-state index in [0.29, 0.717) is 24.8 Å². The van der Waals surface area contributed by atoms with E-state index in [4.69, 9.17) is 4.52 Å². The average Bonchev–Trinajstić information content (AvgIpc) is 3.01. The number of hydrogen-bond donors (Lipinski definition) is 0. The summed E-state index contributed by atoms with van der Waals surface area (Å²) in [4.78, 5) is 18.3.